The zero-order valence-electron chi connectivity index (χ0n) is 17.0. The van der Waals surface area contributed by atoms with Crippen molar-refractivity contribution in [3.8, 4) is 11.3 Å². The van der Waals surface area contributed by atoms with Crippen LogP contribution < -0.4 is 4.57 Å². The average Bonchev–Trinajstić information content (AvgIpc) is 3.10. The molecule has 0 aliphatic heterocycles. The van der Waals surface area contributed by atoms with Crippen LogP contribution in [0.15, 0.2) is 53.1 Å². The van der Waals surface area contributed by atoms with E-state index >= 15 is 0 Å². The molecule has 2 aromatic carbocycles. The van der Waals surface area contributed by atoms with Gasteiger partial charge < -0.3 is 4.42 Å². The second-order valence-corrected chi connectivity index (χ2v) is 8.32. The van der Waals surface area contributed by atoms with Gasteiger partial charge in [0.1, 0.15) is 18.2 Å². The van der Waals surface area contributed by atoms with E-state index < -0.39 is 0 Å². The van der Waals surface area contributed by atoms with E-state index in [4.69, 9.17) is 11.0 Å². The molecule has 0 N–H and O–H groups in total. The molecule has 0 atom stereocenters. The van der Waals surface area contributed by atoms with Gasteiger partial charge in [-0.15, -0.1) is 0 Å². The van der Waals surface area contributed by atoms with Crippen LogP contribution in [0.4, 0.5) is 5.69 Å². The molecular formula is C26H25N2O+. The van der Waals surface area contributed by atoms with Crippen molar-refractivity contribution in [1.29, 1.82) is 0 Å². The van der Waals surface area contributed by atoms with Crippen LogP contribution >= 0.6 is 0 Å². The molecule has 2 heterocycles. The number of aromatic nitrogens is 1. The molecule has 0 radical (unpaired) electrons. The summed E-state index contributed by atoms with van der Waals surface area (Å²) >= 11 is 0. The van der Waals surface area contributed by atoms with Crippen molar-refractivity contribution >= 4 is 27.6 Å². The van der Waals surface area contributed by atoms with Crippen LogP contribution in [0, 0.1) is 13.5 Å². The summed E-state index contributed by atoms with van der Waals surface area (Å²) < 4.78 is 8.47. The van der Waals surface area contributed by atoms with Gasteiger partial charge in [0.2, 0.25) is 5.69 Å². The van der Waals surface area contributed by atoms with Crippen LogP contribution in [0.5, 0.6) is 0 Å². The summed E-state index contributed by atoms with van der Waals surface area (Å²) in [4.78, 5) is 3.73. The highest BCUT2D eigenvalue weighted by atomic mass is 16.3. The Labute approximate surface area is 171 Å². The quantitative estimate of drug-likeness (QED) is 0.271. The number of pyridine rings is 1. The highest BCUT2D eigenvalue weighted by Gasteiger charge is 2.23. The Hall–Kier alpha value is -3.12. The van der Waals surface area contributed by atoms with Gasteiger partial charge in [0.05, 0.1) is 12.1 Å². The van der Waals surface area contributed by atoms with E-state index in [1.807, 2.05) is 12.1 Å². The summed E-state index contributed by atoms with van der Waals surface area (Å²) in [6.45, 7) is 9.72. The topological polar surface area (TPSA) is 21.4 Å². The van der Waals surface area contributed by atoms with E-state index in [9.17, 15) is 0 Å². The number of rotatable bonds is 2. The molecule has 1 saturated carbocycles. The van der Waals surface area contributed by atoms with Crippen LogP contribution in [0.1, 0.15) is 49.1 Å². The first-order valence-corrected chi connectivity index (χ1v) is 10.5. The predicted octanol–water partition coefficient (Wildman–Crippen LogP) is 6.98. The number of hydrogen-bond donors (Lipinski definition) is 0. The maximum absolute atomic E-state index is 7.55. The molecule has 0 bridgehead atoms. The molecule has 0 saturated heterocycles. The number of aryl methyl sites for hydroxylation is 2. The standard InChI is InChI=1S/C26H25N2O/c1-17-13-22-24(16-20(17)23-11-7-8-12-28(23)3)29-25-15-19(27-2)14-21(26(22)25)18-9-5-4-6-10-18/h7-8,11-16,18H,4-6,9-10H2,1,3H3/q+1. The van der Waals surface area contributed by atoms with Crippen molar-refractivity contribution < 1.29 is 8.98 Å². The Bertz CT molecular complexity index is 1270. The van der Waals surface area contributed by atoms with Gasteiger partial charge in [-0.1, -0.05) is 25.3 Å². The van der Waals surface area contributed by atoms with Crippen LogP contribution in [0.2, 0.25) is 0 Å². The SMILES string of the molecule is [C-]#[N+]c1cc(C2CCCCC2)c2c(c1)oc1cc(-c3cccc[n+]3C)c(C)cc12. The third-order valence-electron chi connectivity index (χ3n) is 6.44. The van der Waals surface area contributed by atoms with Crippen LogP contribution in [-0.4, -0.2) is 0 Å². The lowest BCUT2D eigenvalue weighted by Crippen LogP contribution is -2.30. The Kier molecular flexibility index (Phi) is 4.36. The van der Waals surface area contributed by atoms with Gasteiger partial charge in [0.15, 0.2) is 11.9 Å². The second kappa shape index (κ2) is 7.04. The Balaban J connectivity index is 1.78. The molecule has 5 rings (SSSR count). The summed E-state index contributed by atoms with van der Waals surface area (Å²) in [5.41, 5.74) is 7.34. The molecule has 3 nitrogen and oxygen atoms in total. The number of hydrogen-bond acceptors (Lipinski definition) is 1. The van der Waals surface area contributed by atoms with Gasteiger partial charge in [-0.05, 0) is 61.1 Å². The van der Waals surface area contributed by atoms with E-state index in [-0.39, 0.29) is 0 Å². The monoisotopic (exact) mass is 381 g/mol. The van der Waals surface area contributed by atoms with Gasteiger partial charge in [-0.2, -0.15) is 0 Å². The molecule has 0 amide bonds. The van der Waals surface area contributed by atoms with Crippen molar-refractivity contribution in [3.05, 3.63) is 71.2 Å². The zero-order chi connectivity index (χ0) is 20.0. The predicted molar refractivity (Wildman–Crippen MR) is 117 cm³/mol. The van der Waals surface area contributed by atoms with Crippen LogP contribution in [-0.2, 0) is 7.05 Å². The van der Waals surface area contributed by atoms with Gasteiger partial charge in [0.25, 0.3) is 0 Å². The normalized spacial score (nSPS) is 15.1. The number of fused-ring (bicyclic) bond motifs is 3. The molecule has 4 aromatic rings. The smallest absolute Gasteiger partial charge is 0.212 e. The molecule has 1 aliphatic carbocycles. The summed E-state index contributed by atoms with van der Waals surface area (Å²) in [5, 5.41) is 2.39. The molecule has 144 valence electrons. The zero-order valence-corrected chi connectivity index (χ0v) is 17.0. The third-order valence-corrected chi connectivity index (χ3v) is 6.44. The van der Waals surface area contributed by atoms with Crippen molar-refractivity contribution in [2.45, 2.75) is 44.9 Å². The molecule has 2 aromatic heterocycles. The molecule has 1 aliphatic rings. The first kappa shape index (κ1) is 17.9. The van der Waals surface area contributed by atoms with E-state index in [0.29, 0.717) is 11.6 Å². The summed E-state index contributed by atoms with van der Waals surface area (Å²) in [6.07, 6.45) is 8.36. The van der Waals surface area contributed by atoms with Crippen molar-refractivity contribution in [2.75, 3.05) is 0 Å². The fraction of sp³-hybridized carbons (Fsp3) is 0.308. The number of benzene rings is 2. The lowest BCUT2D eigenvalue weighted by Gasteiger charge is -2.23. The Morgan fingerprint density at radius 3 is 2.62 bits per heavy atom. The maximum atomic E-state index is 7.55. The van der Waals surface area contributed by atoms with E-state index in [1.54, 1.807) is 0 Å². The van der Waals surface area contributed by atoms with Crippen LogP contribution in [0.3, 0.4) is 0 Å². The van der Waals surface area contributed by atoms with Crippen molar-refractivity contribution in [3.63, 3.8) is 0 Å². The molecule has 1 fully saturated rings. The Morgan fingerprint density at radius 1 is 1.03 bits per heavy atom. The van der Waals surface area contributed by atoms with E-state index in [1.165, 1.54) is 65.3 Å². The van der Waals surface area contributed by atoms with Gasteiger partial charge in [0, 0.05) is 22.9 Å². The molecule has 0 spiro atoms. The number of furan rings is 1. The van der Waals surface area contributed by atoms with Crippen molar-refractivity contribution in [1.82, 2.24) is 0 Å². The maximum Gasteiger partial charge on any atom is 0.212 e. The lowest BCUT2D eigenvalue weighted by atomic mass is 9.82. The van der Waals surface area contributed by atoms with E-state index in [0.717, 1.165) is 11.2 Å². The molecule has 29 heavy (non-hydrogen) atoms. The summed E-state index contributed by atoms with van der Waals surface area (Å²) in [7, 11) is 2.07. The van der Waals surface area contributed by atoms with E-state index in [2.05, 4.69) is 59.9 Å². The lowest BCUT2D eigenvalue weighted by molar-refractivity contribution is -0.660. The largest absolute Gasteiger partial charge is 0.457 e. The minimum atomic E-state index is 0.528. The first-order chi connectivity index (χ1) is 14.2. The molecule has 3 heteroatoms. The summed E-state index contributed by atoms with van der Waals surface area (Å²) in [6, 6.07) is 14.7. The minimum Gasteiger partial charge on any atom is -0.457 e. The second-order valence-electron chi connectivity index (χ2n) is 8.32. The van der Waals surface area contributed by atoms with Gasteiger partial charge in [-0.25, -0.2) is 9.41 Å². The van der Waals surface area contributed by atoms with Gasteiger partial charge in [-0.3, -0.25) is 0 Å². The van der Waals surface area contributed by atoms with Crippen molar-refractivity contribution in [2.24, 2.45) is 7.05 Å². The third kappa shape index (κ3) is 3.00. The highest BCUT2D eigenvalue weighted by molar-refractivity contribution is 6.09. The number of nitrogens with zero attached hydrogens (tertiary/aromatic N) is 2. The highest BCUT2D eigenvalue weighted by Crippen LogP contribution is 2.43. The first-order valence-electron chi connectivity index (χ1n) is 10.5. The fourth-order valence-corrected chi connectivity index (χ4v) is 4.96. The van der Waals surface area contributed by atoms with Crippen LogP contribution in [0.25, 0.3) is 38.0 Å². The molecule has 0 unspecified atom stereocenters. The average molecular weight is 381 g/mol. The fourth-order valence-electron chi connectivity index (χ4n) is 4.96. The minimum absolute atomic E-state index is 0.528. The van der Waals surface area contributed by atoms with Gasteiger partial charge >= 0.3 is 0 Å². The molecular weight excluding hydrogens is 356 g/mol. The Morgan fingerprint density at radius 2 is 1.86 bits per heavy atom. The summed E-state index contributed by atoms with van der Waals surface area (Å²) in [5.74, 6) is 0.528.